The van der Waals surface area contributed by atoms with Crippen LogP contribution in [0.5, 0.6) is 0 Å². The van der Waals surface area contributed by atoms with E-state index in [0.717, 1.165) is 17.7 Å². The number of nitro groups is 1. The van der Waals surface area contributed by atoms with Gasteiger partial charge in [0.15, 0.2) is 0 Å². The summed E-state index contributed by atoms with van der Waals surface area (Å²) in [4.78, 5) is 10.6. The van der Waals surface area contributed by atoms with Gasteiger partial charge in [-0.3, -0.25) is 10.1 Å². The zero-order valence-corrected chi connectivity index (χ0v) is 11.8. The lowest BCUT2D eigenvalue weighted by molar-refractivity contribution is -0.385. The second kappa shape index (κ2) is 5.85. The van der Waals surface area contributed by atoms with Gasteiger partial charge in [-0.25, -0.2) is 0 Å². The van der Waals surface area contributed by atoms with Gasteiger partial charge in [-0.05, 0) is 37.8 Å². The van der Waals surface area contributed by atoms with E-state index in [1.165, 1.54) is 0 Å². The van der Waals surface area contributed by atoms with Crippen LogP contribution in [0.2, 0.25) is 0 Å². The molecular formula is C14H22N2O2. The maximum Gasteiger partial charge on any atom is 0.274 e. The number of rotatable bonds is 5. The van der Waals surface area contributed by atoms with Crippen LogP contribution < -0.4 is 5.32 Å². The number of benzene rings is 1. The minimum absolute atomic E-state index is 0.182. The predicted molar refractivity (Wildman–Crippen MR) is 75.1 cm³/mol. The molecule has 0 saturated carbocycles. The van der Waals surface area contributed by atoms with E-state index in [1.54, 1.807) is 13.0 Å². The summed E-state index contributed by atoms with van der Waals surface area (Å²) >= 11 is 0. The highest BCUT2D eigenvalue weighted by Crippen LogP contribution is 2.27. The third-order valence-corrected chi connectivity index (χ3v) is 3.33. The lowest BCUT2D eigenvalue weighted by Gasteiger charge is -2.23. The fourth-order valence-corrected chi connectivity index (χ4v) is 2.13. The molecule has 0 radical (unpaired) electrons. The molecule has 0 aliphatic heterocycles. The van der Waals surface area contributed by atoms with Gasteiger partial charge in [-0.2, -0.15) is 0 Å². The van der Waals surface area contributed by atoms with E-state index in [1.807, 2.05) is 13.0 Å². The molecule has 0 bridgehead atoms. The van der Waals surface area contributed by atoms with Crippen molar-refractivity contribution in [3.8, 4) is 0 Å². The Bertz CT molecular complexity index is 442. The minimum Gasteiger partial charge on any atom is -0.382 e. The molecule has 1 aromatic carbocycles. The number of nitrogens with zero attached hydrogens (tertiary/aromatic N) is 1. The Morgan fingerprint density at radius 3 is 2.33 bits per heavy atom. The van der Waals surface area contributed by atoms with Crippen LogP contribution in [0.1, 0.15) is 38.3 Å². The Balaban J connectivity index is 3.09. The van der Waals surface area contributed by atoms with E-state index in [2.05, 4.69) is 26.1 Å². The van der Waals surface area contributed by atoms with Gasteiger partial charge in [0.25, 0.3) is 5.69 Å². The maximum absolute atomic E-state index is 11.0. The van der Waals surface area contributed by atoms with Crippen molar-refractivity contribution in [2.45, 2.75) is 47.1 Å². The summed E-state index contributed by atoms with van der Waals surface area (Å²) in [7, 11) is 0. The largest absolute Gasteiger partial charge is 0.382 e. The molecule has 0 spiro atoms. The average molecular weight is 250 g/mol. The summed E-state index contributed by atoms with van der Waals surface area (Å²) in [6.45, 7) is 10.2. The zero-order valence-electron chi connectivity index (χ0n) is 11.8. The van der Waals surface area contributed by atoms with E-state index >= 15 is 0 Å². The molecular weight excluding hydrogens is 228 g/mol. The summed E-state index contributed by atoms with van der Waals surface area (Å²) in [5.74, 6) is 0.495. The molecule has 0 heterocycles. The number of anilines is 1. The number of hydrogen-bond donors (Lipinski definition) is 1. The molecule has 0 aromatic heterocycles. The number of nitrogens with one attached hydrogen (secondary N) is 1. The maximum atomic E-state index is 11.0. The Morgan fingerprint density at radius 2 is 1.89 bits per heavy atom. The molecule has 0 aliphatic carbocycles. The molecule has 1 unspecified atom stereocenters. The number of aryl methyl sites for hydroxylation is 2. The quantitative estimate of drug-likeness (QED) is 0.633. The summed E-state index contributed by atoms with van der Waals surface area (Å²) in [6.07, 6.45) is 0.999. The van der Waals surface area contributed by atoms with Crippen LogP contribution in [-0.2, 0) is 0 Å². The molecule has 0 amide bonds. The van der Waals surface area contributed by atoms with Gasteiger partial charge < -0.3 is 5.32 Å². The second-order valence-corrected chi connectivity index (χ2v) is 5.11. The van der Waals surface area contributed by atoms with Crippen molar-refractivity contribution in [2.75, 3.05) is 5.32 Å². The normalized spacial score (nSPS) is 12.6. The molecule has 4 nitrogen and oxygen atoms in total. The first-order chi connectivity index (χ1) is 8.36. The van der Waals surface area contributed by atoms with Gasteiger partial charge in [0.05, 0.1) is 4.92 Å². The SMILES string of the molecule is CCC(Nc1cc([N+](=O)[O-])c(C)cc1C)C(C)C. The Morgan fingerprint density at radius 1 is 1.28 bits per heavy atom. The molecule has 1 rings (SSSR count). The van der Waals surface area contributed by atoms with Gasteiger partial charge >= 0.3 is 0 Å². The molecule has 0 aliphatic rings. The zero-order chi connectivity index (χ0) is 13.9. The molecule has 0 saturated heterocycles. The molecule has 1 N–H and O–H groups in total. The molecule has 1 atom stereocenters. The van der Waals surface area contributed by atoms with Gasteiger partial charge in [0.2, 0.25) is 0 Å². The smallest absolute Gasteiger partial charge is 0.274 e. The standard InChI is InChI=1S/C14H22N2O2/c1-6-12(9(2)3)15-13-8-14(16(17)18)11(5)7-10(13)4/h7-9,12,15H,6H2,1-5H3. The van der Waals surface area contributed by atoms with Crippen LogP contribution in [0.15, 0.2) is 12.1 Å². The van der Waals surface area contributed by atoms with E-state index in [0.29, 0.717) is 17.5 Å². The van der Waals surface area contributed by atoms with Crippen LogP contribution >= 0.6 is 0 Å². The fourth-order valence-electron chi connectivity index (χ4n) is 2.13. The highest BCUT2D eigenvalue weighted by molar-refractivity contribution is 5.60. The predicted octanol–water partition coefficient (Wildman–Crippen LogP) is 4.06. The molecule has 0 fully saturated rings. The van der Waals surface area contributed by atoms with Gasteiger partial charge in [-0.1, -0.05) is 20.8 Å². The van der Waals surface area contributed by atoms with Crippen molar-refractivity contribution < 1.29 is 4.92 Å². The molecule has 4 heteroatoms. The lowest BCUT2D eigenvalue weighted by Crippen LogP contribution is -2.25. The third-order valence-electron chi connectivity index (χ3n) is 3.33. The van der Waals surface area contributed by atoms with Gasteiger partial charge in [-0.15, -0.1) is 0 Å². The Labute approximate surface area is 109 Å². The van der Waals surface area contributed by atoms with Crippen molar-refractivity contribution in [1.82, 2.24) is 0 Å². The van der Waals surface area contributed by atoms with Crippen molar-refractivity contribution in [1.29, 1.82) is 0 Å². The summed E-state index contributed by atoms with van der Waals surface area (Å²) in [5.41, 5.74) is 2.81. The summed E-state index contributed by atoms with van der Waals surface area (Å²) < 4.78 is 0. The highest BCUT2D eigenvalue weighted by Gasteiger charge is 2.16. The first-order valence-corrected chi connectivity index (χ1v) is 6.39. The van der Waals surface area contributed by atoms with Crippen LogP contribution in [0.25, 0.3) is 0 Å². The molecule has 100 valence electrons. The van der Waals surface area contributed by atoms with Crippen molar-refractivity contribution in [3.05, 3.63) is 33.4 Å². The van der Waals surface area contributed by atoms with Crippen LogP contribution in [-0.4, -0.2) is 11.0 Å². The molecule has 1 aromatic rings. The van der Waals surface area contributed by atoms with E-state index in [9.17, 15) is 10.1 Å². The second-order valence-electron chi connectivity index (χ2n) is 5.11. The topological polar surface area (TPSA) is 55.2 Å². The minimum atomic E-state index is -0.323. The van der Waals surface area contributed by atoms with Crippen LogP contribution in [0, 0.1) is 29.9 Å². The van der Waals surface area contributed by atoms with Crippen molar-refractivity contribution in [2.24, 2.45) is 5.92 Å². The summed E-state index contributed by atoms with van der Waals surface area (Å²) in [5, 5.41) is 14.4. The average Bonchev–Trinajstić information content (AvgIpc) is 2.26. The number of nitro benzene ring substituents is 1. The first kappa shape index (κ1) is 14.5. The molecule has 18 heavy (non-hydrogen) atoms. The van der Waals surface area contributed by atoms with Crippen molar-refractivity contribution in [3.63, 3.8) is 0 Å². The van der Waals surface area contributed by atoms with E-state index in [-0.39, 0.29) is 10.6 Å². The van der Waals surface area contributed by atoms with E-state index < -0.39 is 0 Å². The van der Waals surface area contributed by atoms with Crippen molar-refractivity contribution >= 4 is 11.4 Å². The highest BCUT2D eigenvalue weighted by atomic mass is 16.6. The third kappa shape index (κ3) is 3.22. The lowest BCUT2D eigenvalue weighted by atomic mass is 10.00. The van der Waals surface area contributed by atoms with Gasteiger partial charge in [0, 0.05) is 23.4 Å². The first-order valence-electron chi connectivity index (χ1n) is 6.39. The van der Waals surface area contributed by atoms with Crippen LogP contribution in [0.3, 0.4) is 0 Å². The Hall–Kier alpha value is -1.58. The summed E-state index contributed by atoms with van der Waals surface area (Å²) in [6, 6.07) is 3.86. The monoisotopic (exact) mass is 250 g/mol. The number of hydrogen-bond acceptors (Lipinski definition) is 3. The van der Waals surface area contributed by atoms with Crippen LogP contribution in [0.4, 0.5) is 11.4 Å². The fraction of sp³-hybridized carbons (Fsp3) is 0.571. The van der Waals surface area contributed by atoms with Gasteiger partial charge in [0.1, 0.15) is 0 Å². The van der Waals surface area contributed by atoms with E-state index in [4.69, 9.17) is 0 Å². The Kier molecular flexibility index (Phi) is 4.70.